The number of anilines is 1. The van der Waals surface area contributed by atoms with Gasteiger partial charge in [-0.2, -0.15) is 0 Å². The predicted molar refractivity (Wildman–Crippen MR) is 138 cm³/mol. The summed E-state index contributed by atoms with van der Waals surface area (Å²) in [6.07, 6.45) is 1.23. The molecule has 0 aliphatic carbocycles. The first-order chi connectivity index (χ1) is 17.8. The normalized spacial score (nSPS) is 13.8. The molecule has 0 spiro atoms. The Morgan fingerprint density at radius 2 is 1.68 bits per heavy atom. The summed E-state index contributed by atoms with van der Waals surface area (Å²) in [5.41, 5.74) is 0.717. The molecule has 0 saturated carbocycles. The lowest BCUT2D eigenvalue weighted by Crippen LogP contribution is -2.65. The molecule has 2 aromatic carbocycles. The molecule has 0 bridgehead atoms. The summed E-state index contributed by atoms with van der Waals surface area (Å²) >= 11 is 1.11. The summed E-state index contributed by atoms with van der Waals surface area (Å²) in [5.74, 6) is 0.223. The van der Waals surface area contributed by atoms with Crippen LogP contribution in [-0.2, 0) is 16.1 Å². The van der Waals surface area contributed by atoms with Gasteiger partial charge in [0, 0.05) is 24.4 Å². The number of rotatable bonds is 8. The fourth-order valence-electron chi connectivity index (χ4n) is 3.57. The Kier molecular flexibility index (Phi) is 8.44. The van der Waals surface area contributed by atoms with E-state index in [4.69, 9.17) is 9.26 Å². The molecular formula is C26H30N5O5S+. The second kappa shape index (κ2) is 11.9. The van der Waals surface area contributed by atoms with Gasteiger partial charge in [-0.25, -0.2) is 4.79 Å². The first-order valence-corrected chi connectivity index (χ1v) is 12.9. The molecule has 4 rings (SSSR count). The summed E-state index contributed by atoms with van der Waals surface area (Å²) in [4.78, 5) is 40.8. The molecule has 0 unspecified atom stereocenters. The molecular weight excluding hydrogens is 494 g/mol. The monoisotopic (exact) mass is 524 g/mol. The number of carbonyl (C=O) groups is 3. The lowest BCUT2D eigenvalue weighted by molar-refractivity contribution is -0.759. The summed E-state index contributed by atoms with van der Waals surface area (Å²) in [6.45, 7) is 5.76. The van der Waals surface area contributed by atoms with Crippen molar-refractivity contribution in [3.63, 3.8) is 0 Å². The number of benzene rings is 2. The van der Waals surface area contributed by atoms with Crippen LogP contribution in [0.25, 0.3) is 0 Å². The smallest absolute Gasteiger partial charge is 0.410 e. The number of thioether (sulfide) groups is 1. The van der Waals surface area contributed by atoms with E-state index in [1.54, 1.807) is 37.1 Å². The third kappa shape index (κ3) is 7.10. The topological polar surface area (TPSA) is 109 Å². The van der Waals surface area contributed by atoms with Gasteiger partial charge in [-0.3, -0.25) is 19.4 Å². The number of nitrogens with zero attached hydrogens (tertiary/aromatic N) is 4. The Hall–Kier alpha value is -3.86. The van der Waals surface area contributed by atoms with Crippen LogP contribution in [0.2, 0.25) is 0 Å². The minimum absolute atomic E-state index is 0.0814. The number of hydrogen-bond donors (Lipinski definition) is 1. The van der Waals surface area contributed by atoms with Crippen molar-refractivity contribution in [1.29, 1.82) is 0 Å². The van der Waals surface area contributed by atoms with Gasteiger partial charge in [-0.15, -0.1) is 5.01 Å². The second-order valence-electron chi connectivity index (χ2n) is 9.25. The second-order valence-corrected chi connectivity index (χ2v) is 10.2. The molecule has 0 radical (unpaired) electrons. The Labute approximate surface area is 219 Å². The van der Waals surface area contributed by atoms with Crippen molar-refractivity contribution < 1.29 is 28.4 Å². The fraction of sp³-hybridized carbons (Fsp3) is 0.346. The van der Waals surface area contributed by atoms with Crippen molar-refractivity contribution in [3.05, 3.63) is 78.0 Å². The van der Waals surface area contributed by atoms with E-state index in [1.165, 1.54) is 4.79 Å². The Balaban J connectivity index is 1.23. The SMILES string of the molecule is CC(C)(CSC(=O)c1ccccc1)C(=O)Nc1c[n+](N2CCN(C(=O)OCc3ccccc3)CC2)no1. The van der Waals surface area contributed by atoms with Gasteiger partial charge in [0.15, 0.2) is 0 Å². The molecule has 10 nitrogen and oxygen atoms in total. The van der Waals surface area contributed by atoms with Gasteiger partial charge in [0.05, 0.1) is 23.3 Å². The largest absolute Gasteiger partial charge is 0.445 e. The van der Waals surface area contributed by atoms with Crippen LogP contribution >= 0.6 is 11.8 Å². The Morgan fingerprint density at radius 1 is 1.03 bits per heavy atom. The first-order valence-electron chi connectivity index (χ1n) is 11.9. The van der Waals surface area contributed by atoms with Crippen LogP contribution in [0.1, 0.15) is 29.8 Å². The Bertz CT molecular complexity index is 1210. The molecule has 1 aliphatic heterocycles. The van der Waals surface area contributed by atoms with Crippen LogP contribution < -0.4 is 15.1 Å². The van der Waals surface area contributed by atoms with Crippen LogP contribution in [0.15, 0.2) is 71.4 Å². The molecule has 2 amide bonds. The van der Waals surface area contributed by atoms with Crippen LogP contribution in [0.4, 0.5) is 10.7 Å². The molecule has 2 heterocycles. The van der Waals surface area contributed by atoms with Crippen molar-refractivity contribution in [2.45, 2.75) is 20.5 Å². The van der Waals surface area contributed by atoms with Crippen molar-refractivity contribution >= 4 is 34.8 Å². The average Bonchev–Trinajstić information content (AvgIpc) is 3.40. The van der Waals surface area contributed by atoms with Gasteiger partial charge in [0.1, 0.15) is 6.61 Å². The lowest BCUT2D eigenvalue weighted by atomic mass is 9.95. The molecule has 1 aromatic heterocycles. The number of amides is 2. The maximum atomic E-state index is 12.8. The predicted octanol–water partition coefficient (Wildman–Crippen LogP) is 3.09. The van der Waals surface area contributed by atoms with E-state index in [0.717, 1.165) is 17.3 Å². The van der Waals surface area contributed by atoms with E-state index in [9.17, 15) is 14.4 Å². The van der Waals surface area contributed by atoms with Crippen LogP contribution in [0, 0.1) is 5.41 Å². The molecule has 1 fully saturated rings. The Morgan fingerprint density at radius 3 is 2.35 bits per heavy atom. The van der Waals surface area contributed by atoms with Gasteiger partial charge in [-0.05, 0) is 5.56 Å². The number of nitrogens with one attached hydrogen (secondary N) is 1. The summed E-state index contributed by atoms with van der Waals surface area (Å²) in [7, 11) is 0. The van der Waals surface area contributed by atoms with E-state index >= 15 is 0 Å². The van der Waals surface area contributed by atoms with Gasteiger partial charge in [0.2, 0.25) is 16.3 Å². The zero-order valence-corrected chi connectivity index (χ0v) is 21.6. The van der Waals surface area contributed by atoms with Crippen molar-refractivity contribution in [2.75, 3.05) is 42.3 Å². The van der Waals surface area contributed by atoms with Crippen LogP contribution in [-0.4, -0.2) is 59.2 Å². The van der Waals surface area contributed by atoms with Gasteiger partial charge < -0.3 is 9.64 Å². The third-order valence-electron chi connectivity index (χ3n) is 5.89. The van der Waals surface area contributed by atoms with E-state index < -0.39 is 5.41 Å². The standard InChI is InChI=1S/C26H29N5O5S/c1-26(2,19-37-23(32)21-11-7-4-8-12-21)24(33)27-22-17-31(28-36-22)30-15-13-29(14-16-30)25(34)35-18-20-9-5-3-6-10-20/h3-12,17H,13-16,18-19H2,1-2H3/p+1. The lowest BCUT2D eigenvalue weighted by Gasteiger charge is -2.29. The number of aromatic nitrogens is 2. The van der Waals surface area contributed by atoms with Gasteiger partial charge in [0.25, 0.3) is 6.20 Å². The van der Waals surface area contributed by atoms with E-state index in [1.807, 2.05) is 53.5 Å². The highest BCUT2D eigenvalue weighted by Crippen LogP contribution is 2.26. The number of piperazine rings is 1. The highest BCUT2D eigenvalue weighted by atomic mass is 32.2. The molecule has 0 atom stereocenters. The minimum atomic E-state index is -0.821. The zero-order valence-electron chi connectivity index (χ0n) is 20.8. The molecule has 37 heavy (non-hydrogen) atoms. The summed E-state index contributed by atoms with van der Waals surface area (Å²) < 4.78 is 10.7. The van der Waals surface area contributed by atoms with E-state index in [0.29, 0.717) is 37.5 Å². The molecule has 1 saturated heterocycles. The average molecular weight is 525 g/mol. The molecule has 194 valence electrons. The first kappa shape index (κ1) is 26.2. The number of carbonyl (C=O) groups excluding carboxylic acids is 3. The quantitative estimate of drug-likeness (QED) is 0.448. The highest BCUT2D eigenvalue weighted by Gasteiger charge is 2.33. The maximum absolute atomic E-state index is 12.8. The van der Waals surface area contributed by atoms with Crippen molar-refractivity contribution in [3.8, 4) is 0 Å². The van der Waals surface area contributed by atoms with Crippen molar-refractivity contribution in [2.24, 2.45) is 5.41 Å². The van der Waals surface area contributed by atoms with Crippen LogP contribution in [0.3, 0.4) is 0 Å². The minimum Gasteiger partial charge on any atom is -0.445 e. The molecule has 1 aliphatic rings. The summed E-state index contributed by atoms with van der Waals surface area (Å²) in [5, 5.41) is 8.55. The molecule has 3 aromatic rings. The van der Waals surface area contributed by atoms with Crippen LogP contribution in [0.5, 0.6) is 0 Å². The van der Waals surface area contributed by atoms with Gasteiger partial charge in [-0.1, -0.05) is 86.3 Å². The number of ether oxygens (including phenoxy) is 1. The fourth-order valence-corrected chi connectivity index (χ4v) is 4.50. The maximum Gasteiger partial charge on any atom is 0.410 e. The van der Waals surface area contributed by atoms with E-state index in [2.05, 4.69) is 10.6 Å². The summed E-state index contributed by atoms with van der Waals surface area (Å²) in [6, 6.07) is 18.5. The third-order valence-corrected chi connectivity index (χ3v) is 7.25. The number of hydrogen-bond acceptors (Lipinski definition) is 8. The van der Waals surface area contributed by atoms with E-state index in [-0.39, 0.29) is 29.6 Å². The van der Waals surface area contributed by atoms with Gasteiger partial charge >= 0.3 is 12.0 Å². The zero-order chi connectivity index (χ0) is 26.3. The molecule has 1 N–H and O–H groups in total. The van der Waals surface area contributed by atoms with Crippen molar-refractivity contribution in [1.82, 2.24) is 10.2 Å². The molecule has 11 heteroatoms. The highest BCUT2D eigenvalue weighted by molar-refractivity contribution is 8.14.